The first-order valence-corrected chi connectivity index (χ1v) is 12.6. The Morgan fingerprint density at radius 3 is 2.66 bits per heavy atom. The number of thiophene rings is 1. The minimum Gasteiger partial charge on any atom is -0.470 e. The summed E-state index contributed by atoms with van der Waals surface area (Å²) in [7, 11) is 3.23. The summed E-state index contributed by atoms with van der Waals surface area (Å²) in [6, 6.07) is 6.65. The molecule has 1 N–H and O–H groups in total. The van der Waals surface area contributed by atoms with Crippen LogP contribution in [0.25, 0.3) is 0 Å². The van der Waals surface area contributed by atoms with E-state index >= 15 is 0 Å². The van der Waals surface area contributed by atoms with E-state index in [0.717, 1.165) is 11.3 Å². The fraction of sp³-hybridized carbons (Fsp3) is 0.304. The van der Waals surface area contributed by atoms with E-state index in [1.165, 1.54) is 15.6 Å². The van der Waals surface area contributed by atoms with Gasteiger partial charge < -0.3 is 19.7 Å². The molecule has 12 heteroatoms. The van der Waals surface area contributed by atoms with Crippen molar-refractivity contribution in [1.29, 1.82) is 0 Å². The molecule has 3 rings (SSSR count). The van der Waals surface area contributed by atoms with Crippen molar-refractivity contribution in [1.82, 2.24) is 14.7 Å². The number of hydrogen-bond donors (Lipinski definition) is 1. The van der Waals surface area contributed by atoms with Gasteiger partial charge in [0.15, 0.2) is 12.4 Å². The molecule has 0 saturated carbocycles. The van der Waals surface area contributed by atoms with Gasteiger partial charge in [-0.3, -0.25) is 9.59 Å². The Morgan fingerprint density at radius 2 is 2.00 bits per heavy atom. The van der Waals surface area contributed by atoms with Crippen LogP contribution in [0.3, 0.4) is 0 Å². The number of amides is 2. The highest BCUT2D eigenvalue weighted by Gasteiger charge is 2.28. The van der Waals surface area contributed by atoms with Crippen LogP contribution in [0.5, 0.6) is 5.75 Å². The third-order valence-electron chi connectivity index (χ3n) is 4.74. The predicted octanol–water partition coefficient (Wildman–Crippen LogP) is 5.23. The molecule has 0 radical (unpaired) electrons. The number of hydrogen-bond acceptors (Lipinski definition) is 7. The molecule has 1 aromatic carbocycles. The number of benzene rings is 1. The molecule has 2 heterocycles. The summed E-state index contributed by atoms with van der Waals surface area (Å²) >= 11 is 10.3. The van der Waals surface area contributed by atoms with Gasteiger partial charge >= 0.3 is 5.97 Å². The van der Waals surface area contributed by atoms with Crippen molar-refractivity contribution >= 4 is 61.7 Å². The minimum atomic E-state index is -0.596. The largest absolute Gasteiger partial charge is 0.470 e. The molecule has 0 bridgehead atoms. The third-order valence-corrected chi connectivity index (χ3v) is 6.79. The van der Waals surface area contributed by atoms with Crippen molar-refractivity contribution in [3.63, 3.8) is 0 Å². The van der Waals surface area contributed by atoms with E-state index in [9.17, 15) is 14.4 Å². The second-order valence-corrected chi connectivity index (χ2v) is 9.95. The SMILES string of the molecule is CCCOC(=O)c1c(NC(=O)c2ccn(COc3ccc(Cl)cc3Br)n2)sc(C(=O)N(C)C)c1C. The predicted molar refractivity (Wildman–Crippen MR) is 138 cm³/mol. The van der Waals surface area contributed by atoms with Gasteiger partial charge in [-0.05, 0) is 59.1 Å². The van der Waals surface area contributed by atoms with E-state index in [-0.39, 0.29) is 35.5 Å². The number of halogens is 2. The summed E-state index contributed by atoms with van der Waals surface area (Å²) in [5.74, 6) is -0.835. The average Bonchev–Trinajstić information content (AvgIpc) is 3.41. The van der Waals surface area contributed by atoms with Gasteiger partial charge in [-0.2, -0.15) is 5.10 Å². The number of rotatable bonds is 9. The molecule has 35 heavy (non-hydrogen) atoms. The summed E-state index contributed by atoms with van der Waals surface area (Å²) in [5.41, 5.74) is 0.734. The normalized spacial score (nSPS) is 10.7. The van der Waals surface area contributed by atoms with Crippen molar-refractivity contribution in [2.45, 2.75) is 27.0 Å². The van der Waals surface area contributed by atoms with Crippen molar-refractivity contribution < 1.29 is 23.9 Å². The topological polar surface area (TPSA) is 103 Å². The number of nitrogens with zero attached hydrogens (tertiary/aromatic N) is 3. The highest BCUT2D eigenvalue weighted by atomic mass is 79.9. The maximum Gasteiger partial charge on any atom is 0.341 e. The lowest BCUT2D eigenvalue weighted by Crippen LogP contribution is -2.21. The molecule has 2 amide bonds. The molecular formula is C23H24BrClN4O5S. The average molecular weight is 584 g/mol. The van der Waals surface area contributed by atoms with E-state index < -0.39 is 11.9 Å². The first kappa shape index (κ1) is 26.7. The Labute approximate surface area is 220 Å². The molecule has 0 aliphatic rings. The van der Waals surface area contributed by atoms with Crippen LogP contribution in [0, 0.1) is 6.92 Å². The summed E-state index contributed by atoms with van der Waals surface area (Å²) in [6.07, 6.45) is 2.24. The number of carbonyl (C=O) groups excluding carboxylic acids is 3. The van der Waals surface area contributed by atoms with Crippen LogP contribution in [0.2, 0.25) is 5.02 Å². The van der Waals surface area contributed by atoms with Crippen LogP contribution < -0.4 is 10.1 Å². The molecule has 186 valence electrons. The third kappa shape index (κ3) is 6.41. The second-order valence-electron chi connectivity index (χ2n) is 7.64. The fourth-order valence-electron chi connectivity index (χ4n) is 2.97. The molecule has 9 nitrogen and oxygen atoms in total. The molecular weight excluding hydrogens is 560 g/mol. The number of esters is 1. The van der Waals surface area contributed by atoms with E-state index in [1.807, 2.05) is 6.92 Å². The summed E-state index contributed by atoms with van der Waals surface area (Å²) in [5, 5.41) is 7.75. The van der Waals surface area contributed by atoms with E-state index in [4.69, 9.17) is 21.1 Å². The van der Waals surface area contributed by atoms with Crippen molar-refractivity contribution in [3.05, 3.63) is 61.7 Å². The second kappa shape index (κ2) is 11.7. The molecule has 0 aliphatic heterocycles. The monoisotopic (exact) mass is 582 g/mol. The van der Waals surface area contributed by atoms with Crippen LogP contribution in [-0.4, -0.2) is 53.2 Å². The summed E-state index contributed by atoms with van der Waals surface area (Å²) < 4.78 is 13.1. The molecule has 0 atom stereocenters. The number of anilines is 1. The van der Waals surface area contributed by atoms with Gasteiger partial charge in [0.2, 0.25) is 0 Å². The Bertz CT molecular complexity index is 1260. The van der Waals surface area contributed by atoms with Gasteiger partial charge in [-0.1, -0.05) is 18.5 Å². The smallest absolute Gasteiger partial charge is 0.341 e. The standard InChI is InChI=1S/C23H24BrClN4O5S/c1-5-10-33-23(32)18-13(2)19(22(31)28(3)4)35-21(18)26-20(30)16-8-9-29(27-16)12-34-17-7-6-14(25)11-15(17)24/h6-9,11H,5,10,12H2,1-4H3,(H,26,30). The van der Waals surface area contributed by atoms with Crippen molar-refractivity contribution in [2.75, 3.05) is 26.0 Å². The Kier molecular flexibility index (Phi) is 8.92. The number of ether oxygens (including phenoxy) is 2. The zero-order chi connectivity index (χ0) is 25.7. The van der Waals surface area contributed by atoms with Crippen molar-refractivity contribution in [2.24, 2.45) is 0 Å². The zero-order valence-electron chi connectivity index (χ0n) is 19.6. The maximum absolute atomic E-state index is 12.9. The number of nitrogens with one attached hydrogen (secondary N) is 1. The minimum absolute atomic E-state index is 0.0572. The van der Waals surface area contributed by atoms with Gasteiger partial charge in [0.25, 0.3) is 11.8 Å². The Hall–Kier alpha value is -2.89. The molecule has 0 aliphatic carbocycles. The lowest BCUT2D eigenvalue weighted by molar-refractivity contribution is 0.0506. The number of carbonyl (C=O) groups is 3. The van der Waals surface area contributed by atoms with Crippen LogP contribution in [0.4, 0.5) is 5.00 Å². The molecule has 0 spiro atoms. The van der Waals surface area contributed by atoms with E-state index in [2.05, 4.69) is 26.3 Å². The van der Waals surface area contributed by atoms with Gasteiger partial charge in [-0.25, -0.2) is 9.48 Å². The van der Waals surface area contributed by atoms with Crippen molar-refractivity contribution in [3.8, 4) is 5.75 Å². The van der Waals surface area contributed by atoms with E-state index in [1.54, 1.807) is 45.4 Å². The highest BCUT2D eigenvalue weighted by molar-refractivity contribution is 9.10. The fourth-order valence-corrected chi connectivity index (χ4v) is 4.98. The van der Waals surface area contributed by atoms with E-state index in [0.29, 0.717) is 32.1 Å². The maximum atomic E-state index is 12.9. The number of aromatic nitrogens is 2. The first-order valence-electron chi connectivity index (χ1n) is 10.6. The van der Waals surface area contributed by atoms with Gasteiger partial charge in [0.1, 0.15) is 10.8 Å². The van der Waals surface area contributed by atoms with Gasteiger partial charge in [0.05, 0.1) is 21.5 Å². The van der Waals surface area contributed by atoms with Crippen LogP contribution in [-0.2, 0) is 11.5 Å². The van der Waals surface area contributed by atoms with Gasteiger partial charge in [-0.15, -0.1) is 11.3 Å². The molecule has 3 aromatic rings. The molecule has 0 saturated heterocycles. The summed E-state index contributed by atoms with van der Waals surface area (Å²) in [6.45, 7) is 3.82. The Morgan fingerprint density at radius 1 is 1.26 bits per heavy atom. The Balaban J connectivity index is 1.78. The van der Waals surface area contributed by atoms with Crippen LogP contribution in [0.15, 0.2) is 34.9 Å². The highest BCUT2D eigenvalue weighted by Crippen LogP contribution is 2.35. The quantitative estimate of drug-likeness (QED) is 0.346. The molecule has 0 fully saturated rings. The molecule has 0 unspecified atom stereocenters. The lowest BCUT2D eigenvalue weighted by Gasteiger charge is -2.09. The van der Waals surface area contributed by atoms with Crippen LogP contribution in [0.1, 0.15) is 49.4 Å². The lowest BCUT2D eigenvalue weighted by atomic mass is 10.1. The summed E-state index contributed by atoms with van der Waals surface area (Å²) in [4.78, 5) is 40.0. The van der Waals surface area contributed by atoms with Gasteiger partial charge in [0, 0.05) is 25.3 Å². The van der Waals surface area contributed by atoms with Crippen LogP contribution >= 0.6 is 38.9 Å². The zero-order valence-corrected chi connectivity index (χ0v) is 22.7. The molecule has 2 aromatic heterocycles. The first-order chi connectivity index (χ1) is 16.6.